The van der Waals surface area contributed by atoms with E-state index in [4.69, 9.17) is 17.3 Å². The summed E-state index contributed by atoms with van der Waals surface area (Å²) < 4.78 is 0.724. The van der Waals surface area contributed by atoms with Crippen LogP contribution in [0.5, 0.6) is 0 Å². The summed E-state index contributed by atoms with van der Waals surface area (Å²) in [5, 5.41) is 0.608. The fourth-order valence-corrected chi connectivity index (χ4v) is 4.04. The standard InChI is InChI=1S/C18H18BrClN2O.ClH/c19-17-8-14(20)6-7-15(17)18(23)22-10-13(9-21)16(11-22)12-4-2-1-3-5-12;/h1-8,13,16H,9-11,21H2;1H/t13-,16+;/m1./s1. The molecule has 0 spiro atoms. The van der Waals surface area contributed by atoms with Crippen molar-refractivity contribution in [3.05, 3.63) is 69.2 Å². The Morgan fingerprint density at radius 1 is 1.21 bits per heavy atom. The van der Waals surface area contributed by atoms with Crippen LogP contribution in [0, 0.1) is 5.92 Å². The number of hydrogen-bond acceptors (Lipinski definition) is 2. The van der Waals surface area contributed by atoms with Crippen LogP contribution < -0.4 is 5.73 Å². The van der Waals surface area contributed by atoms with E-state index in [1.807, 2.05) is 23.1 Å². The zero-order valence-corrected chi connectivity index (χ0v) is 16.2. The van der Waals surface area contributed by atoms with Gasteiger partial charge in [0.1, 0.15) is 0 Å². The number of rotatable bonds is 3. The summed E-state index contributed by atoms with van der Waals surface area (Å²) in [6, 6.07) is 15.5. The molecule has 1 aliphatic heterocycles. The Morgan fingerprint density at radius 2 is 1.92 bits per heavy atom. The van der Waals surface area contributed by atoms with E-state index in [0.29, 0.717) is 30.2 Å². The van der Waals surface area contributed by atoms with Crippen LogP contribution in [0.4, 0.5) is 0 Å². The number of halogens is 3. The minimum absolute atomic E-state index is 0. The van der Waals surface area contributed by atoms with Gasteiger partial charge in [0, 0.05) is 28.5 Å². The van der Waals surface area contributed by atoms with Crippen molar-refractivity contribution in [1.29, 1.82) is 0 Å². The maximum atomic E-state index is 12.8. The Bertz CT molecular complexity index is 711. The second-order valence-corrected chi connectivity index (χ2v) is 7.14. The first-order valence-corrected chi connectivity index (χ1v) is 8.76. The second kappa shape index (κ2) is 8.34. The molecule has 2 atom stereocenters. The molecule has 24 heavy (non-hydrogen) atoms. The van der Waals surface area contributed by atoms with E-state index in [1.54, 1.807) is 18.2 Å². The third-order valence-corrected chi connectivity index (χ3v) is 5.31. The van der Waals surface area contributed by atoms with Gasteiger partial charge >= 0.3 is 0 Å². The summed E-state index contributed by atoms with van der Waals surface area (Å²) in [5.41, 5.74) is 7.83. The lowest BCUT2D eigenvalue weighted by atomic mass is 9.89. The molecule has 1 fully saturated rings. The lowest BCUT2D eigenvalue weighted by Gasteiger charge is -2.17. The molecule has 128 valence electrons. The largest absolute Gasteiger partial charge is 0.338 e. The number of amides is 1. The zero-order chi connectivity index (χ0) is 16.4. The summed E-state index contributed by atoms with van der Waals surface area (Å²) in [5.74, 6) is 0.592. The number of likely N-dealkylation sites (tertiary alicyclic amines) is 1. The third kappa shape index (κ3) is 3.94. The molecule has 6 heteroatoms. The number of carbonyl (C=O) groups is 1. The van der Waals surface area contributed by atoms with Crippen molar-refractivity contribution < 1.29 is 4.79 Å². The fraction of sp³-hybridized carbons (Fsp3) is 0.278. The smallest absolute Gasteiger partial charge is 0.255 e. The van der Waals surface area contributed by atoms with E-state index < -0.39 is 0 Å². The van der Waals surface area contributed by atoms with Crippen LogP contribution in [0.1, 0.15) is 21.8 Å². The summed E-state index contributed by atoms with van der Waals surface area (Å²) >= 11 is 9.39. The average Bonchev–Trinajstić information content (AvgIpc) is 2.99. The van der Waals surface area contributed by atoms with Crippen LogP contribution in [-0.2, 0) is 0 Å². The van der Waals surface area contributed by atoms with Gasteiger partial charge in [0.2, 0.25) is 0 Å². The van der Waals surface area contributed by atoms with E-state index in [-0.39, 0.29) is 30.2 Å². The SMILES string of the molecule is Cl.NC[C@@H]1CN(C(=O)c2ccc(Cl)cc2Br)C[C@H]1c1ccccc1. The van der Waals surface area contributed by atoms with Crippen molar-refractivity contribution >= 4 is 45.8 Å². The van der Waals surface area contributed by atoms with Crippen molar-refractivity contribution in [2.24, 2.45) is 11.7 Å². The molecule has 3 nitrogen and oxygen atoms in total. The van der Waals surface area contributed by atoms with Crippen molar-refractivity contribution in [3.8, 4) is 0 Å². The van der Waals surface area contributed by atoms with Gasteiger partial charge in [-0.2, -0.15) is 0 Å². The maximum Gasteiger partial charge on any atom is 0.255 e. The van der Waals surface area contributed by atoms with Gasteiger partial charge in [0.05, 0.1) is 5.56 Å². The van der Waals surface area contributed by atoms with Gasteiger partial charge < -0.3 is 10.6 Å². The molecule has 0 aliphatic carbocycles. The van der Waals surface area contributed by atoms with Crippen LogP contribution in [0.15, 0.2) is 53.0 Å². The number of nitrogens with zero attached hydrogens (tertiary/aromatic N) is 1. The molecule has 2 aromatic rings. The van der Waals surface area contributed by atoms with Gasteiger partial charge in [0.25, 0.3) is 5.91 Å². The molecule has 1 amide bonds. The van der Waals surface area contributed by atoms with Crippen LogP contribution >= 0.6 is 39.9 Å². The van der Waals surface area contributed by atoms with Crippen molar-refractivity contribution in [2.45, 2.75) is 5.92 Å². The Balaban J connectivity index is 0.00000208. The van der Waals surface area contributed by atoms with Gasteiger partial charge in [-0.15, -0.1) is 12.4 Å². The molecule has 3 rings (SSSR count). The molecule has 0 saturated carbocycles. The Kier molecular flexibility index (Phi) is 6.70. The highest BCUT2D eigenvalue weighted by molar-refractivity contribution is 9.10. The Hall–Kier alpha value is -1.07. The second-order valence-electron chi connectivity index (χ2n) is 5.85. The molecular weight excluding hydrogens is 411 g/mol. The van der Waals surface area contributed by atoms with Crippen LogP contribution in [-0.4, -0.2) is 30.4 Å². The Labute approximate surface area is 161 Å². The van der Waals surface area contributed by atoms with Gasteiger partial charge in [-0.3, -0.25) is 4.79 Å². The topological polar surface area (TPSA) is 46.3 Å². The lowest BCUT2D eigenvalue weighted by Crippen LogP contribution is -2.30. The fourth-order valence-electron chi connectivity index (χ4n) is 3.19. The molecule has 1 heterocycles. The first-order chi connectivity index (χ1) is 11.1. The van der Waals surface area contributed by atoms with Gasteiger partial charge in [0.15, 0.2) is 0 Å². The highest BCUT2D eigenvalue weighted by atomic mass is 79.9. The minimum Gasteiger partial charge on any atom is -0.338 e. The maximum absolute atomic E-state index is 12.8. The van der Waals surface area contributed by atoms with E-state index in [2.05, 4.69) is 28.1 Å². The van der Waals surface area contributed by atoms with Gasteiger partial charge in [-0.1, -0.05) is 41.9 Å². The summed E-state index contributed by atoms with van der Waals surface area (Å²) in [4.78, 5) is 14.7. The number of carbonyl (C=O) groups excluding carboxylic acids is 1. The van der Waals surface area contributed by atoms with E-state index in [9.17, 15) is 4.79 Å². The highest BCUT2D eigenvalue weighted by Gasteiger charge is 2.35. The van der Waals surface area contributed by atoms with Crippen LogP contribution in [0.2, 0.25) is 5.02 Å². The molecule has 1 saturated heterocycles. The number of hydrogen-bond donors (Lipinski definition) is 1. The number of nitrogens with two attached hydrogens (primary N) is 1. The van der Waals surface area contributed by atoms with Crippen molar-refractivity contribution in [3.63, 3.8) is 0 Å². The molecule has 0 radical (unpaired) electrons. The minimum atomic E-state index is 0. The van der Waals surface area contributed by atoms with Gasteiger partial charge in [-0.25, -0.2) is 0 Å². The molecule has 0 aromatic heterocycles. The molecule has 2 N–H and O–H groups in total. The zero-order valence-electron chi connectivity index (χ0n) is 13.0. The summed E-state index contributed by atoms with van der Waals surface area (Å²) in [6.45, 7) is 1.95. The van der Waals surface area contributed by atoms with E-state index in [0.717, 1.165) is 4.47 Å². The molecule has 1 aliphatic rings. The summed E-state index contributed by atoms with van der Waals surface area (Å²) in [6.07, 6.45) is 0. The average molecular weight is 430 g/mol. The van der Waals surface area contributed by atoms with Crippen LogP contribution in [0.25, 0.3) is 0 Å². The van der Waals surface area contributed by atoms with E-state index >= 15 is 0 Å². The van der Waals surface area contributed by atoms with E-state index in [1.165, 1.54) is 5.56 Å². The van der Waals surface area contributed by atoms with Crippen molar-refractivity contribution in [2.75, 3.05) is 19.6 Å². The quantitative estimate of drug-likeness (QED) is 0.788. The van der Waals surface area contributed by atoms with Crippen molar-refractivity contribution in [1.82, 2.24) is 4.90 Å². The first kappa shape index (κ1) is 19.3. The Morgan fingerprint density at radius 3 is 2.54 bits per heavy atom. The first-order valence-electron chi connectivity index (χ1n) is 7.59. The highest BCUT2D eigenvalue weighted by Crippen LogP contribution is 2.33. The summed E-state index contributed by atoms with van der Waals surface area (Å²) in [7, 11) is 0. The monoisotopic (exact) mass is 428 g/mol. The van der Waals surface area contributed by atoms with Gasteiger partial charge in [-0.05, 0) is 52.2 Å². The predicted octanol–water partition coefficient (Wildman–Crippen LogP) is 4.34. The van der Waals surface area contributed by atoms with Crippen LogP contribution in [0.3, 0.4) is 0 Å². The predicted molar refractivity (Wildman–Crippen MR) is 104 cm³/mol. The normalized spacial score (nSPS) is 19.9. The molecule has 0 unspecified atom stereocenters. The number of benzene rings is 2. The lowest BCUT2D eigenvalue weighted by molar-refractivity contribution is 0.0785. The molecule has 0 bridgehead atoms. The molecule has 2 aromatic carbocycles. The molecular formula is C18H19BrCl2N2O. The third-order valence-electron chi connectivity index (χ3n) is 4.42.